The molecule has 4 aliphatic rings. The van der Waals surface area contributed by atoms with E-state index in [-0.39, 0.29) is 5.91 Å². The number of nitrogens with two attached hydrogens (primary N) is 1. The molecule has 0 radical (unpaired) electrons. The highest BCUT2D eigenvalue weighted by molar-refractivity contribution is 6.34. The van der Waals surface area contributed by atoms with Crippen molar-refractivity contribution in [3.8, 4) is 0 Å². The van der Waals surface area contributed by atoms with Gasteiger partial charge in [0.1, 0.15) is 0 Å². The van der Waals surface area contributed by atoms with Gasteiger partial charge in [0.15, 0.2) is 0 Å². The van der Waals surface area contributed by atoms with Gasteiger partial charge in [-0.2, -0.15) is 0 Å². The molecular formula is C18H23ClN2O. The van der Waals surface area contributed by atoms with Crippen LogP contribution in [0.5, 0.6) is 0 Å². The maximum absolute atomic E-state index is 12.5. The zero-order valence-corrected chi connectivity index (χ0v) is 13.5. The Morgan fingerprint density at radius 2 is 1.77 bits per heavy atom. The van der Waals surface area contributed by atoms with E-state index in [2.05, 4.69) is 5.32 Å². The molecule has 3 N–H and O–H groups in total. The third-order valence-electron chi connectivity index (χ3n) is 6.06. The minimum atomic E-state index is -0.126. The van der Waals surface area contributed by atoms with Gasteiger partial charge < -0.3 is 11.1 Å². The van der Waals surface area contributed by atoms with E-state index >= 15 is 0 Å². The molecule has 3 nitrogen and oxygen atoms in total. The molecule has 118 valence electrons. The van der Waals surface area contributed by atoms with E-state index in [1.54, 1.807) is 18.2 Å². The first-order chi connectivity index (χ1) is 10.5. The first kappa shape index (κ1) is 14.4. The van der Waals surface area contributed by atoms with Crippen LogP contribution in [0.15, 0.2) is 18.2 Å². The van der Waals surface area contributed by atoms with Crippen molar-refractivity contribution in [1.82, 2.24) is 5.32 Å². The third-order valence-corrected chi connectivity index (χ3v) is 6.38. The van der Waals surface area contributed by atoms with Crippen LogP contribution >= 0.6 is 11.6 Å². The highest BCUT2D eigenvalue weighted by Gasteiger charge is 2.50. The van der Waals surface area contributed by atoms with Crippen LogP contribution in [0.25, 0.3) is 0 Å². The molecule has 0 unspecified atom stereocenters. The number of rotatable bonds is 3. The molecule has 4 heteroatoms. The number of halogens is 1. The second-order valence-electron chi connectivity index (χ2n) is 7.80. The Kier molecular flexibility index (Phi) is 3.37. The average Bonchev–Trinajstić information content (AvgIpc) is 2.43. The summed E-state index contributed by atoms with van der Waals surface area (Å²) in [5, 5.41) is 3.57. The number of carbonyl (C=O) groups excluding carboxylic acids is 1. The van der Waals surface area contributed by atoms with Crippen LogP contribution in [-0.4, -0.2) is 12.5 Å². The normalized spacial score (nSPS) is 35.6. The molecule has 0 aromatic heterocycles. The van der Waals surface area contributed by atoms with Gasteiger partial charge in [0.05, 0.1) is 10.6 Å². The van der Waals surface area contributed by atoms with E-state index in [9.17, 15) is 4.79 Å². The van der Waals surface area contributed by atoms with Crippen molar-refractivity contribution < 1.29 is 4.79 Å². The standard InChI is InChI=1S/C18H23ClN2O/c19-14-2-1-3-15(20)16(14)17(22)21-10-18-7-11-4-12(8-18)6-13(5-11)9-18/h1-3,11-13H,4-10,20H2,(H,21,22). The smallest absolute Gasteiger partial charge is 0.254 e. The summed E-state index contributed by atoms with van der Waals surface area (Å²) in [6, 6.07) is 5.22. The van der Waals surface area contributed by atoms with Crippen molar-refractivity contribution in [1.29, 1.82) is 0 Å². The molecule has 5 rings (SSSR count). The van der Waals surface area contributed by atoms with Crippen LogP contribution in [0.1, 0.15) is 48.9 Å². The Morgan fingerprint density at radius 3 is 2.32 bits per heavy atom. The molecule has 4 bridgehead atoms. The monoisotopic (exact) mass is 318 g/mol. The van der Waals surface area contributed by atoms with Gasteiger partial charge in [0.2, 0.25) is 0 Å². The predicted molar refractivity (Wildman–Crippen MR) is 88.8 cm³/mol. The van der Waals surface area contributed by atoms with Gasteiger partial charge in [0.25, 0.3) is 5.91 Å². The van der Waals surface area contributed by atoms with Gasteiger partial charge in [-0.25, -0.2) is 0 Å². The number of nitrogen functional groups attached to an aromatic ring is 1. The first-order valence-electron chi connectivity index (χ1n) is 8.37. The lowest BCUT2D eigenvalue weighted by Crippen LogP contribution is -2.51. The van der Waals surface area contributed by atoms with Gasteiger partial charge >= 0.3 is 0 Å². The molecule has 4 fully saturated rings. The summed E-state index contributed by atoms with van der Waals surface area (Å²) in [4.78, 5) is 12.5. The maximum atomic E-state index is 12.5. The van der Waals surface area contributed by atoms with E-state index in [0.717, 1.165) is 24.3 Å². The molecule has 0 spiro atoms. The van der Waals surface area contributed by atoms with Crippen molar-refractivity contribution in [2.45, 2.75) is 38.5 Å². The average molecular weight is 319 g/mol. The summed E-state index contributed by atoms with van der Waals surface area (Å²) in [7, 11) is 0. The molecule has 0 saturated heterocycles. The summed E-state index contributed by atoms with van der Waals surface area (Å²) < 4.78 is 0. The van der Waals surface area contributed by atoms with E-state index in [0.29, 0.717) is 21.7 Å². The van der Waals surface area contributed by atoms with Crippen LogP contribution in [0.4, 0.5) is 5.69 Å². The van der Waals surface area contributed by atoms with Crippen molar-refractivity contribution >= 4 is 23.2 Å². The third kappa shape index (κ3) is 2.40. The molecule has 1 aromatic carbocycles. The van der Waals surface area contributed by atoms with E-state index in [1.807, 2.05) is 0 Å². The molecule has 1 aromatic rings. The molecule has 0 atom stereocenters. The van der Waals surface area contributed by atoms with Gasteiger partial charge in [-0.3, -0.25) is 4.79 Å². The lowest BCUT2D eigenvalue weighted by Gasteiger charge is -2.56. The fraction of sp³-hybridized carbons (Fsp3) is 0.611. The van der Waals surface area contributed by atoms with E-state index in [1.165, 1.54) is 38.5 Å². The minimum Gasteiger partial charge on any atom is -0.398 e. The largest absolute Gasteiger partial charge is 0.398 e. The van der Waals surface area contributed by atoms with Crippen molar-refractivity contribution in [2.75, 3.05) is 12.3 Å². The lowest BCUT2D eigenvalue weighted by molar-refractivity contribution is -0.0503. The van der Waals surface area contributed by atoms with Gasteiger partial charge in [-0.15, -0.1) is 0 Å². The fourth-order valence-corrected chi connectivity index (χ4v) is 5.91. The first-order valence-corrected chi connectivity index (χ1v) is 8.75. The molecule has 4 aliphatic carbocycles. The Morgan fingerprint density at radius 1 is 1.18 bits per heavy atom. The predicted octanol–water partition coefficient (Wildman–Crippen LogP) is 3.87. The molecule has 4 saturated carbocycles. The number of nitrogens with one attached hydrogen (secondary N) is 1. The Balaban J connectivity index is 1.48. The van der Waals surface area contributed by atoms with Crippen LogP contribution in [0.2, 0.25) is 5.02 Å². The minimum absolute atomic E-state index is 0.126. The van der Waals surface area contributed by atoms with Crippen LogP contribution in [-0.2, 0) is 0 Å². The van der Waals surface area contributed by atoms with Crippen LogP contribution in [0, 0.1) is 23.2 Å². The zero-order valence-electron chi connectivity index (χ0n) is 12.8. The SMILES string of the molecule is Nc1cccc(Cl)c1C(=O)NCC12CC3CC(CC(C3)C1)C2. The second kappa shape index (κ2) is 5.16. The Bertz CT molecular complexity index is 558. The van der Waals surface area contributed by atoms with E-state index in [4.69, 9.17) is 17.3 Å². The number of hydrogen-bond acceptors (Lipinski definition) is 2. The summed E-state index contributed by atoms with van der Waals surface area (Å²) in [5.41, 5.74) is 7.13. The molecule has 0 heterocycles. The summed E-state index contributed by atoms with van der Waals surface area (Å²) in [5.74, 6) is 2.56. The van der Waals surface area contributed by atoms with Crippen LogP contribution in [0.3, 0.4) is 0 Å². The van der Waals surface area contributed by atoms with Crippen molar-refractivity contribution in [3.05, 3.63) is 28.8 Å². The summed E-state index contributed by atoms with van der Waals surface area (Å²) >= 11 is 6.14. The number of carbonyl (C=O) groups is 1. The van der Waals surface area contributed by atoms with Crippen LogP contribution < -0.4 is 11.1 Å². The Hall–Kier alpha value is -1.22. The topological polar surface area (TPSA) is 55.1 Å². The summed E-state index contributed by atoms with van der Waals surface area (Å²) in [6.45, 7) is 0.778. The van der Waals surface area contributed by atoms with Crippen molar-refractivity contribution in [2.24, 2.45) is 23.2 Å². The fourth-order valence-electron chi connectivity index (χ4n) is 5.64. The number of benzene rings is 1. The van der Waals surface area contributed by atoms with Gasteiger partial charge in [0, 0.05) is 12.2 Å². The molecular weight excluding hydrogens is 296 g/mol. The molecule has 22 heavy (non-hydrogen) atoms. The van der Waals surface area contributed by atoms with E-state index < -0.39 is 0 Å². The highest BCUT2D eigenvalue weighted by Crippen LogP contribution is 2.59. The lowest BCUT2D eigenvalue weighted by atomic mass is 9.49. The van der Waals surface area contributed by atoms with Gasteiger partial charge in [-0.1, -0.05) is 17.7 Å². The molecule has 1 amide bonds. The molecule has 0 aliphatic heterocycles. The van der Waals surface area contributed by atoms with Crippen molar-refractivity contribution in [3.63, 3.8) is 0 Å². The maximum Gasteiger partial charge on any atom is 0.254 e. The second-order valence-corrected chi connectivity index (χ2v) is 8.21. The Labute approximate surface area is 136 Å². The zero-order chi connectivity index (χ0) is 15.3. The summed E-state index contributed by atoms with van der Waals surface area (Å²) in [6.07, 6.45) is 8.13. The highest BCUT2D eigenvalue weighted by atomic mass is 35.5. The number of anilines is 1. The number of amides is 1. The van der Waals surface area contributed by atoms with Gasteiger partial charge in [-0.05, 0) is 73.8 Å². The quantitative estimate of drug-likeness (QED) is 0.831. The number of hydrogen-bond donors (Lipinski definition) is 2.